The number of rotatable bonds is 1. The standard InChI is InChI=1S/C27H26.C2H6/c1-4-18-17-13-14-24(18)26(2,3)27(15-17)16-23-21-11-6-5-9-19(21)20-10-7-8-12-22(20)25(23)27;1-2/h5-14,18H,4,15-16H2,1-3H3;1-2H3/t18?,27-;/m0./s1. The fraction of sp³-hybridized carbons (Fsp3) is 0.379. The highest BCUT2D eigenvalue weighted by Gasteiger charge is 2.60. The maximum atomic E-state index is 2.52. The Morgan fingerprint density at radius 1 is 0.793 bits per heavy atom. The van der Waals surface area contributed by atoms with E-state index < -0.39 is 0 Å². The normalized spacial score (nSPS) is 25.8. The molecule has 0 nitrogen and oxygen atoms in total. The summed E-state index contributed by atoms with van der Waals surface area (Å²) in [5, 5.41) is 5.81. The number of hydrogen-bond acceptors (Lipinski definition) is 0. The summed E-state index contributed by atoms with van der Waals surface area (Å²) in [5.74, 6) is 0.682. The number of benzene rings is 3. The molecule has 6 rings (SSSR count). The van der Waals surface area contributed by atoms with Gasteiger partial charge in [-0.15, -0.1) is 0 Å². The van der Waals surface area contributed by atoms with Crippen molar-refractivity contribution in [2.24, 2.45) is 11.3 Å². The molecule has 1 unspecified atom stereocenters. The average Bonchev–Trinajstić information content (AvgIpc) is 3.10. The fourth-order valence-electron chi connectivity index (χ4n) is 6.70. The topological polar surface area (TPSA) is 0 Å². The lowest BCUT2D eigenvalue weighted by Gasteiger charge is -2.60. The molecular formula is C29H32. The van der Waals surface area contributed by atoms with Crippen LogP contribution in [0.25, 0.3) is 21.5 Å². The molecule has 1 saturated carbocycles. The van der Waals surface area contributed by atoms with Crippen LogP contribution in [0.4, 0.5) is 0 Å². The summed E-state index contributed by atoms with van der Waals surface area (Å²) in [4.78, 5) is 0. The zero-order valence-corrected chi connectivity index (χ0v) is 18.5. The lowest BCUT2D eigenvalue weighted by molar-refractivity contribution is 0.136. The van der Waals surface area contributed by atoms with Gasteiger partial charge >= 0.3 is 0 Å². The van der Waals surface area contributed by atoms with E-state index >= 15 is 0 Å². The molecule has 29 heavy (non-hydrogen) atoms. The molecule has 3 aromatic carbocycles. The van der Waals surface area contributed by atoms with Gasteiger partial charge in [0.05, 0.1) is 0 Å². The van der Waals surface area contributed by atoms with Crippen LogP contribution in [0.1, 0.15) is 58.6 Å². The zero-order chi connectivity index (χ0) is 20.4. The number of fused-ring (bicyclic) bond motifs is 9. The van der Waals surface area contributed by atoms with Crippen molar-refractivity contribution in [3.63, 3.8) is 0 Å². The monoisotopic (exact) mass is 380 g/mol. The minimum absolute atomic E-state index is 0.211. The lowest BCUT2D eigenvalue weighted by Crippen LogP contribution is -2.55. The molecule has 0 N–H and O–H groups in total. The summed E-state index contributed by atoms with van der Waals surface area (Å²) in [7, 11) is 0. The molecule has 3 aliphatic carbocycles. The molecule has 2 atom stereocenters. The Balaban J connectivity index is 0.000000882. The Bertz CT molecular complexity index is 1190. The molecule has 1 spiro atoms. The Kier molecular flexibility index (Phi) is 4.07. The van der Waals surface area contributed by atoms with E-state index in [1.165, 1.54) is 40.8 Å². The SMILES string of the molecule is CC.CCC1C2=CC=C1C(C)(C)[C@@]1(C2)Cc2c1c1ccccc1c1ccccc21. The second kappa shape index (κ2) is 6.33. The van der Waals surface area contributed by atoms with Crippen LogP contribution in [0, 0.1) is 11.3 Å². The first-order valence-corrected chi connectivity index (χ1v) is 11.4. The number of hydrogen-bond donors (Lipinski definition) is 0. The van der Waals surface area contributed by atoms with Crippen LogP contribution in [0.3, 0.4) is 0 Å². The van der Waals surface area contributed by atoms with Gasteiger partial charge in [-0.25, -0.2) is 0 Å². The molecule has 148 valence electrons. The van der Waals surface area contributed by atoms with Crippen LogP contribution < -0.4 is 0 Å². The van der Waals surface area contributed by atoms with E-state index in [1.54, 1.807) is 22.3 Å². The molecule has 3 aliphatic rings. The van der Waals surface area contributed by atoms with E-state index in [2.05, 4.69) is 81.5 Å². The quantitative estimate of drug-likeness (QED) is 0.374. The average molecular weight is 381 g/mol. The van der Waals surface area contributed by atoms with Gasteiger partial charge in [-0.2, -0.15) is 0 Å². The molecule has 0 heterocycles. The van der Waals surface area contributed by atoms with Crippen molar-refractivity contribution in [2.45, 2.75) is 59.3 Å². The molecule has 0 aliphatic heterocycles. The predicted molar refractivity (Wildman–Crippen MR) is 127 cm³/mol. The summed E-state index contributed by atoms with van der Waals surface area (Å²) in [5.41, 5.74) is 7.07. The second-order valence-electron chi connectivity index (χ2n) is 9.33. The molecule has 0 heteroatoms. The minimum Gasteiger partial charge on any atom is -0.0683 e. The molecule has 0 radical (unpaired) electrons. The largest absolute Gasteiger partial charge is 0.0683 e. The molecule has 0 aromatic heterocycles. The van der Waals surface area contributed by atoms with Crippen molar-refractivity contribution in [3.8, 4) is 0 Å². The highest BCUT2D eigenvalue weighted by atomic mass is 14.6. The van der Waals surface area contributed by atoms with Gasteiger partial charge in [-0.1, -0.05) is 106 Å². The third-order valence-corrected chi connectivity index (χ3v) is 8.13. The van der Waals surface area contributed by atoms with Gasteiger partial charge in [0.15, 0.2) is 0 Å². The van der Waals surface area contributed by atoms with Crippen molar-refractivity contribution in [1.82, 2.24) is 0 Å². The van der Waals surface area contributed by atoms with Gasteiger partial charge in [0.2, 0.25) is 0 Å². The zero-order valence-electron chi connectivity index (χ0n) is 18.5. The first kappa shape index (κ1) is 18.7. The van der Waals surface area contributed by atoms with Crippen LogP contribution in [0.15, 0.2) is 71.8 Å². The summed E-state index contributed by atoms with van der Waals surface area (Å²) in [6.45, 7) is 11.4. The van der Waals surface area contributed by atoms with Gasteiger partial charge in [0.25, 0.3) is 0 Å². The third-order valence-electron chi connectivity index (χ3n) is 8.13. The molecule has 3 aromatic rings. The number of allylic oxidation sites excluding steroid dienone is 4. The molecule has 0 saturated heterocycles. The highest BCUT2D eigenvalue weighted by Crippen LogP contribution is 2.67. The van der Waals surface area contributed by atoms with Gasteiger partial charge in [-0.05, 0) is 57.3 Å². The first-order valence-electron chi connectivity index (χ1n) is 11.4. The van der Waals surface area contributed by atoms with Crippen LogP contribution >= 0.6 is 0 Å². The predicted octanol–water partition coefficient (Wildman–Crippen LogP) is 8.14. The highest BCUT2D eigenvalue weighted by molar-refractivity contribution is 6.12. The first-order chi connectivity index (χ1) is 14.1. The fourth-order valence-corrected chi connectivity index (χ4v) is 6.70. The maximum Gasteiger partial charge on any atom is 0.0129 e. The Morgan fingerprint density at radius 3 is 2.03 bits per heavy atom. The van der Waals surface area contributed by atoms with E-state index in [1.807, 2.05) is 13.8 Å². The maximum absolute atomic E-state index is 2.52. The lowest BCUT2D eigenvalue weighted by atomic mass is 9.43. The van der Waals surface area contributed by atoms with Crippen molar-refractivity contribution >= 4 is 21.5 Å². The van der Waals surface area contributed by atoms with Crippen molar-refractivity contribution < 1.29 is 0 Å². The summed E-state index contributed by atoms with van der Waals surface area (Å²) >= 11 is 0. The minimum atomic E-state index is 0.211. The molecule has 1 fully saturated rings. The van der Waals surface area contributed by atoms with E-state index in [0.717, 1.165) is 0 Å². The van der Waals surface area contributed by atoms with Gasteiger partial charge in [0, 0.05) is 11.3 Å². The summed E-state index contributed by atoms with van der Waals surface area (Å²) in [6.07, 6.45) is 8.59. The van der Waals surface area contributed by atoms with Gasteiger partial charge in [-0.3, -0.25) is 0 Å². The smallest absolute Gasteiger partial charge is 0.0129 e. The van der Waals surface area contributed by atoms with Crippen LogP contribution in [0.2, 0.25) is 0 Å². The summed E-state index contributed by atoms with van der Waals surface area (Å²) < 4.78 is 0. The summed E-state index contributed by atoms with van der Waals surface area (Å²) in [6, 6.07) is 18.1. The van der Waals surface area contributed by atoms with Crippen LogP contribution in [-0.4, -0.2) is 0 Å². The van der Waals surface area contributed by atoms with Crippen molar-refractivity contribution in [1.29, 1.82) is 0 Å². The molecular weight excluding hydrogens is 348 g/mol. The van der Waals surface area contributed by atoms with Crippen molar-refractivity contribution in [3.05, 3.63) is 83.0 Å². The van der Waals surface area contributed by atoms with E-state index in [9.17, 15) is 0 Å². The molecule has 0 amide bonds. The Labute approximate surface area is 175 Å². The van der Waals surface area contributed by atoms with Crippen molar-refractivity contribution in [2.75, 3.05) is 0 Å². The van der Waals surface area contributed by atoms with E-state index in [0.29, 0.717) is 5.92 Å². The third kappa shape index (κ3) is 2.15. The van der Waals surface area contributed by atoms with Crippen LogP contribution in [-0.2, 0) is 11.8 Å². The van der Waals surface area contributed by atoms with Gasteiger partial charge < -0.3 is 0 Å². The Morgan fingerprint density at radius 2 is 1.38 bits per heavy atom. The van der Waals surface area contributed by atoms with Gasteiger partial charge in [0.1, 0.15) is 0 Å². The van der Waals surface area contributed by atoms with E-state index in [-0.39, 0.29) is 10.8 Å². The second-order valence-corrected chi connectivity index (χ2v) is 9.33. The Hall–Kier alpha value is -2.34. The van der Waals surface area contributed by atoms with Crippen LogP contribution in [0.5, 0.6) is 0 Å². The molecule has 2 bridgehead atoms. The van der Waals surface area contributed by atoms with E-state index in [4.69, 9.17) is 0 Å².